The second kappa shape index (κ2) is 5.22. The zero-order chi connectivity index (χ0) is 14.0. The molecule has 1 heterocycles. The van der Waals surface area contributed by atoms with Gasteiger partial charge in [0.2, 0.25) is 0 Å². The fraction of sp³-hybridized carbons (Fsp3) is 0.357. The summed E-state index contributed by atoms with van der Waals surface area (Å²) < 4.78 is 12.6. The molecule has 102 valence electrons. The number of nitrogens with two attached hydrogens (primary N) is 1. The number of aryl methyl sites for hydroxylation is 1. The van der Waals surface area contributed by atoms with Gasteiger partial charge in [0.1, 0.15) is 17.3 Å². The van der Waals surface area contributed by atoms with E-state index in [1.54, 1.807) is 14.2 Å². The van der Waals surface area contributed by atoms with E-state index in [1.807, 2.05) is 36.7 Å². The van der Waals surface area contributed by atoms with E-state index < -0.39 is 0 Å². The van der Waals surface area contributed by atoms with Crippen LogP contribution in [-0.4, -0.2) is 23.8 Å². The van der Waals surface area contributed by atoms with Gasteiger partial charge >= 0.3 is 0 Å². The number of para-hydroxylation sites is 1. The van der Waals surface area contributed by atoms with Crippen LogP contribution in [0.4, 0.5) is 5.82 Å². The van der Waals surface area contributed by atoms with Crippen molar-refractivity contribution in [3.63, 3.8) is 0 Å². The zero-order valence-electron chi connectivity index (χ0n) is 11.7. The highest BCUT2D eigenvalue weighted by atomic mass is 16.5. The SMILES string of the molecule is CCc1nc(-c2cccc(OC)c2OC)c(N)n1C. The van der Waals surface area contributed by atoms with E-state index in [4.69, 9.17) is 15.2 Å². The molecule has 0 atom stereocenters. The van der Waals surface area contributed by atoms with Gasteiger partial charge in [0.15, 0.2) is 11.5 Å². The van der Waals surface area contributed by atoms with Gasteiger partial charge in [0.05, 0.1) is 14.2 Å². The molecule has 2 aromatic rings. The van der Waals surface area contributed by atoms with Crippen molar-refractivity contribution in [1.82, 2.24) is 9.55 Å². The lowest BCUT2D eigenvalue weighted by atomic mass is 10.1. The number of hydrogen-bond donors (Lipinski definition) is 1. The van der Waals surface area contributed by atoms with Crippen molar-refractivity contribution in [2.24, 2.45) is 7.05 Å². The second-order valence-corrected chi connectivity index (χ2v) is 4.22. The number of methoxy groups -OCH3 is 2. The molecule has 0 aliphatic carbocycles. The van der Waals surface area contributed by atoms with E-state index in [-0.39, 0.29) is 0 Å². The summed E-state index contributed by atoms with van der Waals surface area (Å²) in [4.78, 5) is 4.58. The highest BCUT2D eigenvalue weighted by molar-refractivity contribution is 5.78. The predicted octanol–water partition coefficient (Wildman–Crippen LogP) is 2.25. The van der Waals surface area contributed by atoms with E-state index >= 15 is 0 Å². The standard InChI is InChI=1S/C14H19N3O2/c1-5-11-16-12(14(15)17(11)2)9-7-6-8-10(18-3)13(9)19-4/h6-8H,5,15H2,1-4H3. The lowest BCUT2D eigenvalue weighted by molar-refractivity contribution is 0.356. The van der Waals surface area contributed by atoms with Crippen LogP contribution in [0.5, 0.6) is 11.5 Å². The highest BCUT2D eigenvalue weighted by Gasteiger charge is 2.18. The summed E-state index contributed by atoms with van der Waals surface area (Å²) in [5, 5.41) is 0. The van der Waals surface area contributed by atoms with Gasteiger partial charge in [-0.2, -0.15) is 0 Å². The third kappa shape index (κ3) is 2.12. The Kier molecular flexibility index (Phi) is 3.64. The molecule has 0 aliphatic rings. The first-order chi connectivity index (χ1) is 9.13. The quantitative estimate of drug-likeness (QED) is 0.917. The third-order valence-corrected chi connectivity index (χ3v) is 3.21. The molecule has 0 aliphatic heterocycles. The highest BCUT2D eigenvalue weighted by Crippen LogP contribution is 2.39. The van der Waals surface area contributed by atoms with Gasteiger partial charge in [0, 0.05) is 19.0 Å². The number of imidazole rings is 1. The summed E-state index contributed by atoms with van der Waals surface area (Å²) in [6.07, 6.45) is 0.826. The Bertz CT molecular complexity index is 591. The number of nitrogens with zero attached hydrogens (tertiary/aromatic N) is 2. The van der Waals surface area contributed by atoms with Gasteiger partial charge in [-0.1, -0.05) is 13.0 Å². The van der Waals surface area contributed by atoms with Crippen molar-refractivity contribution in [1.29, 1.82) is 0 Å². The summed E-state index contributed by atoms with van der Waals surface area (Å²) in [5.41, 5.74) is 7.70. The fourth-order valence-electron chi connectivity index (χ4n) is 2.15. The van der Waals surface area contributed by atoms with Crippen LogP contribution < -0.4 is 15.2 Å². The first kappa shape index (κ1) is 13.3. The molecule has 0 saturated heterocycles. The average molecular weight is 261 g/mol. The number of anilines is 1. The molecule has 5 heteroatoms. The molecule has 2 rings (SSSR count). The van der Waals surface area contributed by atoms with Crippen molar-refractivity contribution in [3.8, 4) is 22.8 Å². The molecular weight excluding hydrogens is 242 g/mol. The van der Waals surface area contributed by atoms with Gasteiger partial charge in [-0.3, -0.25) is 0 Å². The summed E-state index contributed by atoms with van der Waals surface area (Å²) in [6, 6.07) is 5.68. The maximum Gasteiger partial charge on any atom is 0.170 e. The molecule has 0 saturated carbocycles. The van der Waals surface area contributed by atoms with Crippen LogP contribution in [0.25, 0.3) is 11.3 Å². The molecule has 0 spiro atoms. The number of hydrogen-bond acceptors (Lipinski definition) is 4. The second-order valence-electron chi connectivity index (χ2n) is 4.22. The van der Waals surface area contributed by atoms with Gasteiger partial charge in [-0.05, 0) is 12.1 Å². The fourth-order valence-corrected chi connectivity index (χ4v) is 2.15. The molecule has 0 radical (unpaired) electrons. The number of aromatic nitrogens is 2. The molecule has 1 aromatic carbocycles. The zero-order valence-corrected chi connectivity index (χ0v) is 11.7. The summed E-state index contributed by atoms with van der Waals surface area (Å²) in [6.45, 7) is 2.05. The van der Waals surface area contributed by atoms with E-state index in [9.17, 15) is 0 Å². The Morgan fingerprint density at radius 2 is 2.00 bits per heavy atom. The lowest BCUT2D eigenvalue weighted by Crippen LogP contribution is -2.00. The average Bonchev–Trinajstić information content (AvgIpc) is 2.73. The van der Waals surface area contributed by atoms with Gasteiger partial charge < -0.3 is 19.8 Å². The Labute approximate surface area is 113 Å². The van der Waals surface area contributed by atoms with E-state index in [0.717, 1.165) is 23.5 Å². The van der Waals surface area contributed by atoms with Crippen LogP contribution in [0.2, 0.25) is 0 Å². The molecule has 0 fully saturated rings. The normalized spacial score (nSPS) is 10.5. The van der Waals surface area contributed by atoms with Gasteiger partial charge in [-0.15, -0.1) is 0 Å². The topological polar surface area (TPSA) is 62.3 Å². The van der Waals surface area contributed by atoms with Gasteiger partial charge in [0.25, 0.3) is 0 Å². The molecule has 19 heavy (non-hydrogen) atoms. The summed E-state index contributed by atoms with van der Waals surface area (Å²) in [5.74, 6) is 2.89. The largest absolute Gasteiger partial charge is 0.493 e. The Morgan fingerprint density at radius 3 is 2.53 bits per heavy atom. The first-order valence-corrected chi connectivity index (χ1v) is 6.16. The van der Waals surface area contributed by atoms with Crippen LogP contribution in [0.15, 0.2) is 18.2 Å². The number of ether oxygens (including phenoxy) is 2. The van der Waals surface area contributed by atoms with E-state index in [0.29, 0.717) is 17.3 Å². The minimum Gasteiger partial charge on any atom is -0.493 e. The Hall–Kier alpha value is -2.17. The van der Waals surface area contributed by atoms with Gasteiger partial charge in [-0.25, -0.2) is 4.98 Å². The maximum absolute atomic E-state index is 6.13. The number of nitrogen functional groups attached to an aromatic ring is 1. The summed E-state index contributed by atoms with van der Waals surface area (Å²) in [7, 11) is 5.14. The number of rotatable bonds is 4. The van der Waals surface area contributed by atoms with Crippen LogP contribution in [0.3, 0.4) is 0 Å². The van der Waals surface area contributed by atoms with Crippen molar-refractivity contribution in [2.45, 2.75) is 13.3 Å². The van der Waals surface area contributed by atoms with Crippen LogP contribution >= 0.6 is 0 Å². The minimum absolute atomic E-state index is 0.628. The maximum atomic E-state index is 6.13. The molecule has 1 aromatic heterocycles. The van der Waals surface area contributed by atoms with E-state index in [1.165, 1.54) is 0 Å². The molecule has 2 N–H and O–H groups in total. The summed E-state index contributed by atoms with van der Waals surface area (Å²) >= 11 is 0. The van der Waals surface area contributed by atoms with E-state index in [2.05, 4.69) is 4.98 Å². The molecular formula is C14H19N3O2. The monoisotopic (exact) mass is 261 g/mol. The predicted molar refractivity (Wildman–Crippen MR) is 75.5 cm³/mol. The van der Waals surface area contributed by atoms with Crippen LogP contribution in [-0.2, 0) is 13.5 Å². The van der Waals surface area contributed by atoms with Crippen molar-refractivity contribution in [3.05, 3.63) is 24.0 Å². The van der Waals surface area contributed by atoms with Crippen molar-refractivity contribution in [2.75, 3.05) is 20.0 Å². The third-order valence-electron chi connectivity index (χ3n) is 3.21. The van der Waals surface area contributed by atoms with Crippen LogP contribution in [0, 0.1) is 0 Å². The smallest absolute Gasteiger partial charge is 0.170 e. The van der Waals surface area contributed by atoms with Crippen molar-refractivity contribution < 1.29 is 9.47 Å². The molecule has 0 bridgehead atoms. The molecule has 0 amide bonds. The Balaban J connectivity index is 2.65. The van der Waals surface area contributed by atoms with Crippen molar-refractivity contribution >= 4 is 5.82 Å². The first-order valence-electron chi connectivity index (χ1n) is 6.16. The van der Waals surface area contributed by atoms with Crippen LogP contribution in [0.1, 0.15) is 12.7 Å². The lowest BCUT2D eigenvalue weighted by Gasteiger charge is -2.11. The molecule has 0 unspecified atom stereocenters. The number of benzene rings is 1. The molecule has 5 nitrogen and oxygen atoms in total. The Morgan fingerprint density at radius 1 is 1.26 bits per heavy atom. The minimum atomic E-state index is 0.628.